The fraction of sp³-hybridized carbons (Fsp3) is 0.644. The van der Waals surface area contributed by atoms with E-state index < -0.39 is 6.10 Å². The van der Waals surface area contributed by atoms with Crippen LogP contribution in [0.3, 0.4) is 0 Å². The highest BCUT2D eigenvalue weighted by molar-refractivity contribution is 5.70. The Bertz CT molecular complexity index is 968. The van der Waals surface area contributed by atoms with E-state index >= 15 is 0 Å². The summed E-state index contributed by atoms with van der Waals surface area (Å²) in [6.45, 7) is 4.02. The first-order chi connectivity index (χ1) is 24.6. The van der Waals surface area contributed by atoms with Crippen molar-refractivity contribution >= 4 is 11.9 Å². The molecule has 0 saturated carbocycles. The maximum atomic E-state index is 12.2. The lowest BCUT2D eigenvalue weighted by Crippen LogP contribution is -2.28. The number of allylic oxidation sites excluding steroid dienone is 14. The second-order valence-electron chi connectivity index (χ2n) is 13.0. The molecule has 1 N–H and O–H groups in total. The van der Waals surface area contributed by atoms with Gasteiger partial charge in [0.25, 0.3) is 0 Å². The molecule has 284 valence electrons. The fourth-order valence-electron chi connectivity index (χ4n) is 5.07. The summed E-state index contributed by atoms with van der Waals surface area (Å²) in [7, 11) is 0. The number of carbonyl (C=O) groups excluding carboxylic acids is 2. The maximum Gasteiger partial charge on any atom is 0.306 e. The van der Waals surface area contributed by atoms with Crippen molar-refractivity contribution in [2.24, 2.45) is 0 Å². The van der Waals surface area contributed by atoms with Gasteiger partial charge in [-0.1, -0.05) is 144 Å². The van der Waals surface area contributed by atoms with Crippen LogP contribution < -0.4 is 0 Å². The van der Waals surface area contributed by atoms with Crippen molar-refractivity contribution in [1.82, 2.24) is 0 Å². The molecule has 0 aromatic rings. The van der Waals surface area contributed by atoms with E-state index in [0.717, 1.165) is 89.9 Å². The largest absolute Gasteiger partial charge is 0.462 e. The van der Waals surface area contributed by atoms with Crippen LogP contribution in [0.15, 0.2) is 85.1 Å². The second-order valence-corrected chi connectivity index (χ2v) is 13.0. The van der Waals surface area contributed by atoms with E-state index in [0.29, 0.717) is 12.8 Å². The molecule has 0 aromatic carbocycles. The zero-order valence-corrected chi connectivity index (χ0v) is 32.1. The molecule has 1 atom stereocenters. The maximum absolute atomic E-state index is 12.2. The van der Waals surface area contributed by atoms with Crippen LogP contribution >= 0.6 is 0 Å². The van der Waals surface area contributed by atoms with Crippen molar-refractivity contribution in [1.29, 1.82) is 0 Å². The number of esters is 2. The third-order valence-corrected chi connectivity index (χ3v) is 8.16. The minimum atomic E-state index is -0.802. The molecular formula is C45H74O5. The Balaban J connectivity index is 3.71. The van der Waals surface area contributed by atoms with Crippen LogP contribution in [0.25, 0.3) is 0 Å². The second kappa shape index (κ2) is 40.5. The molecule has 0 bridgehead atoms. The lowest BCUT2D eigenvalue weighted by molar-refractivity contribution is -0.161. The van der Waals surface area contributed by atoms with Crippen molar-refractivity contribution < 1.29 is 24.2 Å². The summed E-state index contributed by atoms with van der Waals surface area (Å²) in [4.78, 5) is 24.3. The number of hydrogen-bond donors (Lipinski definition) is 1. The minimum Gasteiger partial charge on any atom is -0.462 e. The van der Waals surface area contributed by atoms with Gasteiger partial charge in [0.05, 0.1) is 6.61 Å². The molecule has 0 aromatic heterocycles. The molecule has 0 amide bonds. The van der Waals surface area contributed by atoms with Crippen molar-refractivity contribution in [2.75, 3.05) is 13.2 Å². The monoisotopic (exact) mass is 695 g/mol. The summed E-state index contributed by atoms with van der Waals surface area (Å²) in [5.74, 6) is -0.660. The third kappa shape index (κ3) is 37.9. The molecule has 5 heteroatoms. The standard InChI is InChI=1S/C45H74O5/c1-3-5-7-9-11-13-15-17-19-21-22-24-26-28-30-32-34-36-38-40-45(48)50-43(41-46)42-49-44(47)39-37-35-33-31-29-27-25-23-20-18-16-14-12-10-8-6-4-2/h11-14,17-20,22,24-25,27-28,30,43,46H,3-10,15-16,21,23,26,29,31-42H2,1-2H3/b13-11-,14-12-,19-17-,20-18-,24-22-,27-25-,30-28-/t43-/m0/s1. The topological polar surface area (TPSA) is 72.8 Å². The van der Waals surface area contributed by atoms with Crippen molar-refractivity contribution in [2.45, 2.75) is 174 Å². The predicted molar refractivity (Wildman–Crippen MR) is 214 cm³/mol. The SMILES string of the molecule is CCCCC/C=C\C/C=C\C/C=C\C/C=C\CCCCCC(=O)O[C@@H](CO)COC(=O)CCCCCC/C=C\C/C=C\C/C=C\CCCCC. The van der Waals surface area contributed by atoms with Crippen molar-refractivity contribution in [3.8, 4) is 0 Å². The summed E-state index contributed by atoms with van der Waals surface area (Å²) >= 11 is 0. The summed E-state index contributed by atoms with van der Waals surface area (Å²) in [5.41, 5.74) is 0. The Kier molecular flexibility index (Phi) is 38.1. The third-order valence-electron chi connectivity index (χ3n) is 8.16. The van der Waals surface area contributed by atoms with Crippen LogP contribution in [0.2, 0.25) is 0 Å². The van der Waals surface area contributed by atoms with Crippen LogP contribution in [0.5, 0.6) is 0 Å². The molecule has 5 nitrogen and oxygen atoms in total. The van der Waals surface area contributed by atoms with Gasteiger partial charge in [-0.2, -0.15) is 0 Å². The van der Waals surface area contributed by atoms with E-state index in [1.54, 1.807) is 0 Å². The minimum absolute atomic E-state index is 0.0956. The summed E-state index contributed by atoms with van der Waals surface area (Å²) in [5, 5.41) is 9.56. The molecule has 0 unspecified atom stereocenters. The Morgan fingerprint density at radius 1 is 0.460 bits per heavy atom. The zero-order chi connectivity index (χ0) is 36.4. The zero-order valence-electron chi connectivity index (χ0n) is 32.1. The molecule has 50 heavy (non-hydrogen) atoms. The number of unbranched alkanes of at least 4 members (excludes halogenated alkanes) is 13. The lowest BCUT2D eigenvalue weighted by atomic mass is 10.1. The molecule has 0 heterocycles. The van der Waals surface area contributed by atoms with E-state index in [9.17, 15) is 14.7 Å². The molecule has 0 aliphatic carbocycles. The number of hydrogen-bond acceptors (Lipinski definition) is 5. The summed E-state index contributed by atoms with van der Waals surface area (Å²) in [6, 6.07) is 0. The lowest BCUT2D eigenvalue weighted by Gasteiger charge is -2.15. The first-order valence-corrected chi connectivity index (χ1v) is 20.1. The molecule has 0 rings (SSSR count). The van der Waals surface area contributed by atoms with Gasteiger partial charge < -0.3 is 14.6 Å². The van der Waals surface area contributed by atoms with Crippen LogP contribution in [0.4, 0.5) is 0 Å². The Morgan fingerprint density at radius 3 is 1.20 bits per heavy atom. The summed E-state index contributed by atoms with van der Waals surface area (Å²) in [6.07, 6.45) is 54.9. The van der Waals surface area contributed by atoms with Crippen LogP contribution in [0, 0.1) is 0 Å². The van der Waals surface area contributed by atoms with Gasteiger partial charge in [0.15, 0.2) is 6.10 Å². The predicted octanol–water partition coefficient (Wildman–Crippen LogP) is 12.7. The average molecular weight is 695 g/mol. The Morgan fingerprint density at radius 2 is 0.800 bits per heavy atom. The van der Waals surface area contributed by atoms with Gasteiger partial charge >= 0.3 is 11.9 Å². The van der Waals surface area contributed by atoms with Crippen molar-refractivity contribution in [3.05, 3.63) is 85.1 Å². The smallest absolute Gasteiger partial charge is 0.306 e. The highest BCUT2D eigenvalue weighted by Crippen LogP contribution is 2.10. The molecular weight excluding hydrogens is 620 g/mol. The van der Waals surface area contributed by atoms with Gasteiger partial charge in [-0.3, -0.25) is 9.59 Å². The van der Waals surface area contributed by atoms with Crippen molar-refractivity contribution in [3.63, 3.8) is 0 Å². The quantitative estimate of drug-likeness (QED) is 0.0406. The van der Waals surface area contributed by atoms with E-state index in [2.05, 4.69) is 98.9 Å². The number of ether oxygens (including phenoxy) is 2. The number of rotatable bonds is 35. The van der Waals surface area contributed by atoms with Gasteiger partial charge in [-0.15, -0.1) is 0 Å². The molecule has 0 radical (unpaired) electrons. The molecule has 0 aliphatic heterocycles. The van der Waals surface area contributed by atoms with Crippen LogP contribution in [0.1, 0.15) is 168 Å². The van der Waals surface area contributed by atoms with E-state index in [4.69, 9.17) is 9.47 Å². The number of aliphatic hydroxyl groups excluding tert-OH is 1. The van der Waals surface area contributed by atoms with E-state index in [1.165, 1.54) is 51.4 Å². The van der Waals surface area contributed by atoms with Gasteiger partial charge in [0.2, 0.25) is 0 Å². The first-order valence-electron chi connectivity index (χ1n) is 20.1. The highest BCUT2D eigenvalue weighted by Gasteiger charge is 2.16. The average Bonchev–Trinajstić information content (AvgIpc) is 3.12. The Labute approximate surface area is 307 Å². The normalized spacial score (nSPS) is 13.1. The molecule has 0 aliphatic rings. The number of aliphatic hydroxyl groups is 1. The summed E-state index contributed by atoms with van der Waals surface area (Å²) < 4.78 is 10.6. The first kappa shape index (κ1) is 47.1. The fourth-order valence-corrected chi connectivity index (χ4v) is 5.07. The molecule has 0 saturated heterocycles. The Hall–Kier alpha value is -2.92. The van der Waals surface area contributed by atoms with E-state index in [-0.39, 0.29) is 25.2 Å². The van der Waals surface area contributed by atoms with Crippen LogP contribution in [-0.4, -0.2) is 36.4 Å². The van der Waals surface area contributed by atoms with Gasteiger partial charge in [0, 0.05) is 12.8 Å². The van der Waals surface area contributed by atoms with Gasteiger partial charge in [-0.05, 0) is 96.3 Å². The molecule has 0 spiro atoms. The van der Waals surface area contributed by atoms with Gasteiger partial charge in [0.1, 0.15) is 6.61 Å². The highest BCUT2D eigenvalue weighted by atomic mass is 16.6. The van der Waals surface area contributed by atoms with Crippen LogP contribution in [-0.2, 0) is 19.1 Å². The van der Waals surface area contributed by atoms with Gasteiger partial charge in [-0.25, -0.2) is 0 Å². The number of carbonyl (C=O) groups is 2. The molecule has 0 fully saturated rings. The van der Waals surface area contributed by atoms with E-state index in [1.807, 2.05) is 0 Å².